The van der Waals surface area contributed by atoms with Gasteiger partial charge in [0.2, 0.25) is 0 Å². The van der Waals surface area contributed by atoms with Gasteiger partial charge in [0, 0.05) is 18.7 Å². The summed E-state index contributed by atoms with van der Waals surface area (Å²) in [4.78, 5) is 2.34. The van der Waals surface area contributed by atoms with Crippen LogP contribution < -0.4 is 5.32 Å². The number of hydrogen-bond acceptors (Lipinski definition) is 3. The average Bonchev–Trinajstić information content (AvgIpc) is 2.70. The van der Waals surface area contributed by atoms with Crippen LogP contribution in [0, 0.1) is 5.92 Å². The van der Waals surface area contributed by atoms with E-state index >= 15 is 0 Å². The van der Waals surface area contributed by atoms with Crippen molar-refractivity contribution in [2.45, 2.75) is 26.8 Å². The highest BCUT2D eigenvalue weighted by molar-refractivity contribution is 5.04. The van der Waals surface area contributed by atoms with Gasteiger partial charge in [0.15, 0.2) is 0 Å². The Kier molecular flexibility index (Phi) is 6.19. The molecule has 1 aromatic heterocycles. The summed E-state index contributed by atoms with van der Waals surface area (Å²) in [5.41, 5.74) is 1.25. The molecule has 1 rings (SSSR count). The monoisotopic (exact) mass is 224 g/mol. The number of hydrogen-bond donors (Lipinski definition) is 1. The van der Waals surface area contributed by atoms with E-state index in [9.17, 15) is 0 Å². The lowest BCUT2D eigenvalue weighted by Gasteiger charge is -2.20. The van der Waals surface area contributed by atoms with Gasteiger partial charge < -0.3 is 14.6 Å². The van der Waals surface area contributed by atoms with Gasteiger partial charge in [0.25, 0.3) is 0 Å². The van der Waals surface area contributed by atoms with Crippen LogP contribution in [0.4, 0.5) is 0 Å². The van der Waals surface area contributed by atoms with E-state index in [1.807, 2.05) is 12.3 Å². The molecule has 0 radical (unpaired) electrons. The van der Waals surface area contributed by atoms with Gasteiger partial charge in [-0.1, -0.05) is 13.8 Å². The van der Waals surface area contributed by atoms with Gasteiger partial charge in [-0.25, -0.2) is 0 Å². The molecule has 3 nitrogen and oxygen atoms in total. The third-order valence-corrected chi connectivity index (χ3v) is 2.58. The van der Waals surface area contributed by atoms with Crippen molar-refractivity contribution in [3.8, 4) is 0 Å². The molecular formula is C13H24N2O. The zero-order valence-corrected chi connectivity index (χ0v) is 10.7. The highest BCUT2D eigenvalue weighted by Crippen LogP contribution is 2.05. The molecule has 0 aromatic carbocycles. The zero-order chi connectivity index (χ0) is 11.8. The molecule has 0 saturated heterocycles. The lowest BCUT2D eigenvalue weighted by atomic mass is 10.1. The van der Waals surface area contributed by atoms with E-state index in [1.54, 1.807) is 6.26 Å². The second-order valence-electron chi connectivity index (χ2n) is 4.64. The third kappa shape index (κ3) is 5.33. The maximum absolute atomic E-state index is 5.06. The maximum atomic E-state index is 5.06. The molecule has 1 N–H and O–H groups in total. The first-order chi connectivity index (χ1) is 7.72. The summed E-state index contributed by atoms with van der Waals surface area (Å²) < 4.78 is 5.06. The normalized spacial score (nSPS) is 13.2. The van der Waals surface area contributed by atoms with Gasteiger partial charge in [-0.3, -0.25) is 0 Å². The number of nitrogens with zero attached hydrogens (tertiary/aromatic N) is 1. The molecule has 16 heavy (non-hydrogen) atoms. The predicted octanol–water partition coefficient (Wildman–Crippen LogP) is 2.35. The first-order valence-electron chi connectivity index (χ1n) is 6.12. The Balaban J connectivity index is 2.15. The molecule has 0 amide bonds. The van der Waals surface area contributed by atoms with Crippen LogP contribution in [0.25, 0.3) is 0 Å². The van der Waals surface area contributed by atoms with Crippen molar-refractivity contribution in [3.63, 3.8) is 0 Å². The zero-order valence-electron chi connectivity index (χ0n) is 10.7. The van der Waals surface area contributed by atoms with Crippen LogP contribution in [-0.4, -0.2) is 31.6 Å². The van der Waals surface area contributed by atoms with Crippen molar-refractivity contribution < 1.29 is 4.42 Å². The van der Waals surface area contributed by atoms with Gasteiger partial charge in [-0.05, 0) is 38.5 Å². The van der Waals surface area contributed by atoms with Crippen LogP contribution >= 0.6 is 0 Å². The fourth-order valence-electron chi connectivity index (χ4n) is 1.88. The van der Waals surface area contributed by atoms with Crippen molar-refractivity contribution in [1.82, 2.24) is 10.2 Å². The SMILES string of the molecule is CCCNCC(C)CN(C)Cc1ccoc1. The second kappa shape index (κ2) is 7.47. The summed E-state index contributed by atoms with van der Waals surface area (Å²) in [6, 6.07) is 2.02. The van der Waals surface area contributed by atoms with E-state index in [-0.39, 0.29) is 0 Å². The molecule has 1 unspecified atom stereocenters. The minimum absolute atomic E-state index is 0.684. The molecule has 1 heterocycles. The van der Waals surface area contributed by atoms with Gasteiger partial charge >= 0.3 is 0 Å². The number of furan rings is 1. The molecule has 3 heteroatoms. The predicted molar refractivity (Wildman–Crippen MR) is 67.4 cm³/mol. The van der Waals surface area contributed by atoms with Crippen LogP contribution in [-0.2, 0) is 6.54 Å². The van der Waals surface area contributed by atoms with Gasteiger partial charge in [-0.15, -0.1) is 0 Å². The van der Waals surface area contributed by atoms with Crippen molar-refractivity contribution in [2.24, 2.45) is 5.92 Å². The molecule has 0 aliphatic rings. The Morgan fingerprint density at radius 3 is 2.94 bits per heavy atom. The van der Waals surface area contributed by atoms with Crippen LogP contribution in [0.3, 0.4) is 0 Å². The molecule has 0 aliphatic heterocycles. The van der Waals surface area contributed by atoms with Crippen molar-refractivity contribution >= 4 is 0 Å². The van der Waals surface area contributed by atoms with E-state index in [4.69, 9.17) is 4.42 Å². The fourth-order valence-corrected chi connectivity index (χ4v) is 1.88. The quantitative estimate of drug-likeness (QED) is 0.687. The number of nitrogens with one attached hydrogen (secondary N) is 1. The van der Waals surface area contributed by atoms with Crippen LogP contribution in [0.2, 0.25) is 0 Å². The molecule has 0 bridgehead atoms. The van der Waals surface area contributed by atoms with E-state index in [1.165, 1.54) is 12.0 Å². The summed E-state index contributed by atoms with van der Waals surface area (Å²) in [5.74, 6) is 0.684. The molecule has 0 fully saturated rings. The largest absolute Gasteiger partial charge is 0.472 e. The summed E-state index contributed by atoms with van der Waals surface area (Å²) in [6.45, 7) is 8.78. The Bertz CT molecular complexity index is 259. The van der Waals surface area contributed by atoms with E-state index < -0.39 is 0 Å². The topological polar surface area (TPSA) is 28.4 Å². The van der Waals surface area contributed by atoms with Gasteiger partial charge in [0.05, 0.1) is 12.5 Å². The molecule has 0 saturated carbocycles. The van der Waals surface area contributed by atoms with Crippen LogP contribution in [0.5, 0.6) is 0 Å². The Hall–Kier alpha value is -0.800. The third-order valence-electron chi connectivity index (χ3n) is 2.58. The molecule has 1 aromatic rings. The molecular weight excluding hydrogens is 200 g/mol. The molecule has 1 atom stereocenters. The summed E-state index contributed by atoms with van der Waals surface area (Å²) in [7, 11) is 2.16. The van der Waals surface area contributed by atoms with Crippen molar-refractivity contribution in [3.05, 3.63) is 24.2 Å². The second-order valence-corrected chi connectivity index (χ2v) is 4.64. The van der Waals surface area contributed by atoms with Gasteiger partial charge in [0.1, 0.15) is 0 Å². The highest BCUT2D eigenvalue weighted by atomic mass is 16.3. The Morgan fingerprint density at radius 1 is 1.50 bits per heavy atom. The van der Waals surface area contributed by atoms with E-state index in [0.29, 0.717) is 5.92 Å². The van der Waals surface area contributed by atoms with Crippen molar-refractivity contribution in [2.75, 3.05) is 26.7 Å². The van der Waals surface area contributed by atoms with Crippen LogP contribution in [0.15, 0.2) is 23.0 Å². The van der Waals surface area contributed by atoms with Crippen LogP contribution in [0.1, 0.15) is 25.8 Å². The smallest absolute Gasteiger partial charge is 0.0947 e. The minimum atomic E-state index is 0.684. The standard InChI is InChI=1S/C13H24N2O/c1-4-6-14-8-12(2)9-15(3)10-13-5-7-16-11-13/h5,7,11-12,14H,4,6,8-10H2,1-3H3. The average molecular weight is 224 g/mol. The minimum Gasteiger partial charge on any atom is -0.472 e. The highest BCUT2D eigenvalue weighted by Gasteiger charge is 2.07. The summed E-state index contributed by atoms with van der Waals surface area (Å²) in [5, 5.41) is 3.45. The first-order valence-corrected chi connectivity index (χ1v) is 6.12. The Morgan fingerprint density at radius 2 is 2.31 bits per heavy atom. The van der Waals surface area contributed by atoms with E-state index in [0.717, 1.165) is 26.2 Å². The maximum Gasteiger partial charge on any atom is 0.0947 e. The summed E-state index contributed by atoms with van der Waals surface area (Å²) >= 11 is 0. The first kappa shape index (κ1) is 13.3. The van der Waals surface area contributed by atoms with Gasteiger partial charge in [-0.2, -0.15) is 0 Å². The molecule has 0 spiro atoms. The fraction of sp³-hybridized carbons (Fsp3) is 0.692. The summed E-state index contributed by atoms with van der Waals surface area (Å²) in [6.07, 6.45) is 4.75. The Labute approximate surface area is 98.8 Å². The lowest BCUT2D eigenvalue weighted by Crippen LogP contribution is -2.31. The molecule has 0 aliphatic carbocycles. The number of rotatable bonds is 8. The van der Waals surface area contributed by atoms with E-state index in [2.05, 4.69) is 31.1 Å². The van der Waals surface area contributed by atoms with Crippen molar-refractivity contribution in [1.29, 1.82) is 0 Å². The lowest BCUT2D eigenvalue weighted by molar-refractivity contribution is 0.273. The molecule has 92 valence electrons.